The molecule has 7 nitrogen and oxygen atoms in total. The largest absolute Gasteiger partial charge is 0.286 e. The monoisotopic (exact) mass is 385 g/mol. The van der Waals surface area contributed by atoms with E-state index in [1.54, 1.807) is 30.5 Å². The zero-order valence-electron chi connectivity index (χ0n) is 15.9. The topological polar surface area (TPSA) is 81.2 Å². The van der Waals surface area contributed by atoms with Gasteiger partial charge in [-0.3, -0.25) is 19.6 Å². The van der Waals surface area contributed by atoms with Crippen LogP contribution in [0.2, 0.25) is 0 Å². The van der Waals surface area contributed by atoms with Crippen LogP contribution in [0.1, 0.15) is 55.3 Å². The molecule has 1 aromatic rings. The molecule has 1 unspecified atom stereocenters. The molecule has 1 atom stereocenters. The summed E-state index contributed by atoms with van der Waals surface area (Å²) in [5.74, 6) is -0.155. The highest BCUT2D eigenvalue weighted by Crippen LogP contribution is 2.30. The molecule has 1 aromatic carbocycles. The number of nitrogens with zero attached hydrogens (tertiary/aromatic N) is 3. The summed E-state index contributed by atoms with van der Waals surface area (Å²) in [4.78, 5) is 36.9. The summed E-state index contributed by atoms with van der Waals surface area (Å²) in [5.41, 5.74) is 0.509. The SMILES string of the molecule is O=CN(O)C(CC(=O)N1C=CCCN1C(=O)c1ccccc1)CC1CCCC1. The Labute approximate surface area is 165 Å². The molecule has 2 aliphatic rings. The van der Waals surface area contributed by atoms with Crippen molar-refractivity contribution in [2.75, 3.05) is 6.54 Å². The van der Waals surface area contributed by atoms with Crippen molar-refractivity contribution in [1.29, 1.82) is 0 Å². The van der Waals surface area contributed by atoms with Gasteiger partial charge in [-0.2, -0.15) is 0 Å². The Morgan fingerprint density at radius 1 is 1.21 bits per heavy atom. The standard InChI is InChI=1S/C21H27N3O4/c25-16-24(28)19(14-17-8-4-5-9-17)15-20(26)22-12-6-7-13-23(22)21(27)18-10-2-1-3-11-18/h1-3,6,10-12,16-17,19,28H,4-5,7-9,13-15H2. The fourth-order valence-electron chi connectivity index (χ4n) is 4.00. The van der Waals surface area contributed by atoms with Gasteiger partial charge in [-0.1, -0.05) is 50.0 Å². The highest BCUT2D eigenvalue weighted by molar-refractivity contribution is 5.95. The maximum atomic E-state index is 13.0. The second-order valence-corrected chi connectivity index (χ2v) is 7.44. The first-order chi connectivity index (χ1) is 13.6. The minimum atomic E-state index is -0.586. The van der Waals surface area contributed by atoms with Crippen LogP contribution in [0.5, 0.6) is 0 Å². The van der Waals surface area contributed by atoms with Crippen molar-refractivity contribution >= 4 is 18.2 Å². The summed E-state index contributed by atoms with van der Waals surface area (Å²) >= 11 is 0. The molecule has 3 rings (SSSR count). The predicted octanol–water partition coefficient (Wildman–Crippen LogP) is 2.98. The van der Waals surface area contributed by atoms with Crippen molar-refractivity contribution in [3.8, 4) is 0 Å². The van der Waals surface area contributed by atoms with Gasteiger partial charge in [0, 0.05) is 18.3 Å². The number of hydrogen-bond acceptors (Lipinski definition) is 4. The van der Waals surface area contributed by atoms with Crippen LogP contribution in [0.15, 0.2) is 42.6 Å². The van der Waals surface area contributed by atoms with Crippen LogP contribution in [0.4, 0.5) is 0 Å². The van der Waals surface area contributed by atoms with Crippen LogP contribution in [0.3, 0.4) is 0 Å². The number of rotatable bonds is 7. The lowest BCUT2D eigenvalue weighted by atomic mass is 9.96. The lowest BCUT2D eigenvalue weighted by Gasteiger charge is -2.36. The smallest absolute Gasteiger partial charge is 0.272 e. The number of hydrazine groups is 1. The third-order valence-corrected chi connectivity index (χ3v) is 5.50. The van der Waals surface area contributed by atoms with E-state index in [9.17, 15) is 19.6 Å². The molecule has 1 saturated carbocycles. The molecule has 1 aliphatic heterocycles. The van der Waals surface area contributed by atoms with E-state index in [0.717, 1.165) is 25.7 Å². The van der Waals surface area contributed by atoms with Crippen molar-refractivity contribution in [3.05, 3.63) is 48.2 Å². The summed E-state index contributed by atoms with van der Waals surface area (Å²) in [6.45, 7) is 0.403. The van der Waals surface area contributed by atoms with Gasteiger partial charge < -0.3 is 0 Å². The number of benzene rings is 1. The Morgan fingerprint density at radius 2 is 1.93 bits per heavy atom. The second-order valence-electron chi connectivity index (χ2n) is 7.44. The molecule has 150 valence electrons. The van der Waals surface area contributed by atoms with Crippen LogP contribution in [-0.2, 0) is 9.59 Å². The van der Waals surface area contributed by atoms with Crippen molar-refractivity contribution in [1.82, 2.24) is 15.1 Å². The third-order valence-electron chi connectivity index (χ3n) is 5.50. The van der Waals surface area contributed by atoms with Gasteiger partial charge in [-0.15, -0.1) is 0 Å². The van der Waals surface area contributed by atoms with Crippen LogP contribution in [0, 0.1) is 5.92 Å². The average Bonchev–Trinajstić information content (AvgIpc) is 3.26. The van der Waals surface area contributed by atoms with E-state index >= 15 is 0 Å². The van der Waals surface area contributed by atoms with Crippen LogP contribution >= 0.6 is 0 Å². The molecule has 1 fully saturated rings. The lowest BCUT2D eigenvalue weighted by Crippen LogP contribution is -2.50. The number of hydroxylamine groups is 2. The Morgan fingerprint density at radius 3 is 2.61 bits per heavy atom. The zero-order chi connectivity index (χ0) is 19.9. The minimum Gasteiger partial charge on any atom is -0.286 e. The molecule has 28 heavy (non-hydrogen) atoms. The normalized spacial score (nSPS) is 18.2. The van der Waals surface area contributed by atoms with Gasteiger partial charge in [0.2, 0.25) is 12.3 Å². The molecule has 0 bridgehead atoms. The molecule has 1 N–H and O–H groups in total. The van der Waals surface area contributed by atoms with Gasteiger partial charge in [0.25, 0.3) is 5.91 Å². The van der Waals surface area contributed by atoms with Crippen molar-refractivity contribution in [3.63, 3.8) is 0 Å². The van der Waals surface area contributed by atoms with Crippen LogP contribution in [0.25, 0.3) is 0 Å². The molecule has 1 heterocycles. The lowest BCUT2D eigenvalue weighted by molar-refractivity contribution is -0.166. The first kappa shape index (κ1) is 20.1. The van der Waals surface area contributed by atoms with Crippen LogP contribution < -0.4 is 0 Å². The van der Waals surface area contributed by atoms with E-state index in [1.807, 2.05) is 12.1 Å². The maximum Gasteiger partial charge on any atom is 0.272 e. The third kappa shape index (κ3) is 4.78. The molecule has 7 heteroatoms. The van der Waals surface area contributed by atoms with Gasteiger partial charge in [-0.25, -0.2) is 15.1 Å². The molecule has 0 spiro atoms. The molecule has 3 amide bonds. The Hall–Kier alpha value is -2.67. The fraction of sp³-hybridized carbons (Fsp3) is 0.476. The summed E-state index contributed by atoms with van der Waals surface area (Å²) in [6.07, 6.45) is 9.41. The number of carbonyl (C=O) groups excluding carboxylic acids is 3. The minimum absolute atomic E-state index is 0.0331. The molecular formula is C21H27N3O4. The number of hydrogen-bond donors (Lipinski definition) is 1. The fourth-order valence-corrected chi connectivity index (χ4v) is 4.00. The second kappa shape index (κ2) is 9.50. The summed E-state index contributed by atoms with van der Waals surface area (Å²) < 4.78 is 0. The van der Waals surface area contributed by atoms with Gasteiger partial charge in [0.05, 0.1) is 12.5 Å². The molecule has 0 radical (unpaired) electrons. The zero-order valence-corrected chi connectivity index (χ0v) is 15.9. The summed E-state index contributed by atoms with van der Waals surface area (Å²) in [7, 11) is 0. The summed E-state index contributed by atoms with van der Waals surface area (Å²) in [6, 6.07) is 8.24. The Bertz CT molecular complexity index is 716. The van der Waals surface area contributed by atoms with E-state index in [-0.39, 0.29) is 18.2 Å². The van der Waals surface area contributed by atoms with Crippen LogP contribution in [-0.4, -0.2) is 51.1 Å². The quantitative estimate of drug-likeness (QED) is 0.444. The summed E-state index contributed by atoms with van der Waals surface area (Å²) in [5, 5.41) is 13.3. The Kier molecular flexibility index (Phi) is 6.81. The van der Waals surface area contributed by atoms with Gasteiger partial charge in [0.15, 0.2) is 0 Å². The first-order valence-electron chi connectivity index (χ1n) is 9.88. The number of carbonyl (C=O) groups is 3. The van der Waals surface area contributed by atoms with E-state index in [1.165, 1.54) is 10.0 Å². The van der Waals surface area contributed by atoms with Gasteiger partial charge in [0.1, 0.15) is 0 Å². The van der Waals surface area contributed by atoms with E-state index < -0.39 is 6.04 Å². The van der Waals surface area contributed by atoms with E-state index in [2.05, 4.69) is 0 Å². The highest BCUT2D eigenvalue weighted by Gasteiger charge is 2.31. The van der Waals surface area contributed by atoms with Crippen molar-refractivity contribution < 1.29 is 19.6 Å². The maximum absolute atomic E-state index is 13.0. The Balaban J connectivity index is 1.71. The number of amides is 3. The van der Waals surface area contributed by atoms with Crippen molar-refractivity contribution in [2.45, 2.75) is 51.0 Å². The molecular weight excluding hydrogens is 358 g/mol. The first-order valence-corrected chi connectivity index (χ1v) is 9.88. The molecule has 0 saturated heterocycles. The molecule has 0 aromatic heterocycles. The van der Waals surface area contributed by atoms with Gasteiger partial charge >= 0.3 is 0 Å². The van der Waals surface area contributed by atoms with E-state index in [0.29, 0.717) is 42.3 Å². The van der Waals surface area contributed by atoms with Gasteiger partial charge in [-0.05, 0) is 30.9 Å². The van der Waals surface area contributed by atoms with E-state index in [4.69, 9.17) is 0 Å². The highest BCUT2D eigenvalue weighted by atomic mass is 16.5. The van der Waals surface area contributed by atoms with Crippen molar-refractivity contribution in [2.24, 2.45) is 5.92 Å². The molecule has 1 aliphatic carbocycles. The predicted molar refractivity (Wildman–Crippen MR) is 103 cm³/mol. The average molecular weight is 385 g/mol.